The molecule has 0 heterocycles. The average molecular weight is 205 g/mol. The smallest absolute Gasteiger partial charge is 0.250 e. The second kappa shape index (κ2) is 4.94. The fourth-order valence-corrected chi connectivity index (χ4v) is 1.32. The van der Waals surface area contributed by atoms with Crippen LogP contribution in [0.15, 0.2) is 30.3 Å². The molecule has 3 nitrogen and oxygen atoms in total. The quantitative estimate of drug-likeness (QED) is 0.799. The lowest BCUT2D eigenvalue weighted by atomic mass is 10.3. The number of hydrogen-bond acceptors (Lipinski definition) is 2. The van der Waals surface area contributed by atoms with Crippen molar-refractivity contribution in [3.8, 4) is 0 Å². The minimum absolute atomic E-state index is 0.0816. The molecule has 0 saturated heterocycles. The molecule has 1 fully saturated rings. The summed E-state index contributed by atoms with van der Waals surface area (Å²) in [5, 5.41) is 2.77. The number of anilines is 1. The highest BCUT2D eigenvalue weighted by Gasteiger charge is 2.21. The third-order valence-electron chi connectivity index (χ3n) is 2.34. The fraction of sp³-hybridized carbons (Fsp3) is 0.417. The van der Waals surface area contributed by atoms with E-state index in [1.807, 2.05) is 30.3 Å². The van der Waals surface area contributed by atoms with Crippen molar-refractivity contribution in [3.63, 3.8) is 0 Å². The second-order valence-electron chi connectivity index (χ2n) is 3.87. The van der Waals surface area contributed by atoms with Crippen LogP contribution in [0, 0.1) is 5.92 Å². The van der Waals surface area contributed by atoms with Crippen molar-refractivity contribution >= 4 is 11.6 Å². The van der Waals surface area contributed by atoms with E-state index in [9.17, 15) is 4.79 Å². The third-order valence-corrected chi connectivity index (χ3v) is 2.34. The molecule has 0 aliphatic heterocycles. The summed E-state index contributed by atoms with van der Waals surface area (Å²) in [6.45, 7) is 0.883. The van der Waals surface area contributed by atoms with Crippen molar-refractivity contribution in [1.29, 1.82) is 0 Å². The normalized spacial score (nSPS) is 14.9. The van der Waals surface area contributed by atoms with Gasteiger partial charge in [-0.3, -0.25) is 4.79 Å². The first-order valence-electron chi connectivity index (χ1n) is 5.27. The van der Waals surface area contributed by atoms with Gasteiger partial charge in [0.2, 0.25) is 5.91 Å². The van der Waals surface area contributed by atoms with Crippen molar-refractivity contribution in [2.24, 2.45) is 5.92 Å². The molecule has 1 aromatic rings. The van der Waals surface area contributed by atoms with Gasteiger partial charge in [-0.25, -0.2) is 0 Å². The van der Waals surface area contributed by atoms with Crippen molar-refractivity contribution < 1.29 is 9.53 Å². The monoisotopic (exact) mass is 205 g/mol. The fourth-order valence-electron chi connectivity index (χ4n) is 1.32. The van der Waals surface area contributed by atoms with E-state index in [2.05, 4.69) is 5.32 Å². The van der Waals surface area contributed by atoms with Gasteiger partial charge in [0.05, 0.1) is 6.61 Å². The number of para-hydroxylation sites is 1. The molecule has 0 aromatic heterocycles. The number of benzene rings is 1. The van der Waals surface area contributed by atoms with E-state index >= 15 is 0 Å². The van der Waals surface area contributed by atoms with Gasteiger partial charge in [0, 0.05) is 5.69 Å². The highest BCUT2D eigenvalue weighted by atomic mass is 16.5. The first kappa shape index (κ1) is 10.2. The summed E-state index contributed by atoms with van der Waals surface area (Å²) >= 11 is 0. The van der Waals surface area contributed by atoms with Crippen LogP contribution in [0.2, 0.25) is 0 Å². The zero-order valence-corrected chi connectivity index (χ0v) is 8.61. The molecule has 0 atom stereocenters. The van der Waals surface area contributed by atoms with Crippen LogP contribution < -0.4 is 5.32 Å². The second-order valence-corrected chi connectivity index (χ2v) is 3.87. The molecule has 80 valence electrons. The van der Waals surface area contributed by atoms with Crippen LogP contribution in [0.4, 0.5) is 5.69 Å². The van der Waals surface area contributed by atoms with Crippen molar-refractivity contribution in [2.75, 3.05) is 18.5 Å². The molecule has 0 bridgehead atoms. The molecule has 0 unspecified atom stereocenters. The Morgan fingerprint density at radius 1 is 1.33 bits per heavy atom. The van der Waals surface area contributed by atoms with E-state index in [1.165, 1.54) is 12.8 Å². The molecule has 3 heteroatoms. The Balaban J connectivity index is 1.67. The molecule has 1 amide bonds. The minimum Gasteiger partial charge on any atom is -0.371 e. The maximum Gasteiger partial charge on any atom is 0.250 e. The van der Waals surface area contributed by atoms with E-state index in [-0.39, 0.29) is 12.5 Å². The predicted molar refractivity (Wildman–Crippen MR) is 58.6 cm³/mol. The lowest BCUT2D eigenvalue weighted by Crippen LogP contribution is -2.18. The largest absolute Gasteiger partial charge is 0.371 e. The zero-order chi connectivity index (χ0) is 10.5. The number of ether oxygens (including phenoxy) is 1. The van der Waals surface area contributed by atoms with Crippen LogP contribution in [-0.2, 0) is 9.53 Å². The van der Waals surface area contributed by atoms with Gasteiger partial charge in [-0.15, -0.1) is 0 Å². The van der Waals surface area contributed by atoms with Gasteiger partial charge in [-0.1, -0.05) is 18.2 Å². The number of amides is 1. The van der Waals surface area contributed by atoms with E-state index in [0.29, 0.717) is 5.92 Å². The van der Waals surface area contributed by atoms with Crippen LogP contribution in [0.3, 0.4) is 0 Å². The molecule has 15 heavy (non-hydrogen) atoms. The summed E-state index contributed by atoms with van der Waals surface area (Å²) in [5.74, 6) is 0.622. The standard InChI is InChI=1S/C12H15NO2/c14-12(9-15-8-10-6-7-10)13-11-4-2-1-3-5-11/h1-5,10H,6-9H2,(H,13,14). The number of carbonyl (C=O) groups excluding carboxylic acids is 1. The van der Waals surface area contributed by atoms with Crippen LogP contribution in [0.25, 0.3) is 0 Å². The van der Waals surface area contributed by atoms with E-state index in [1.54, 1.807) is 0 Å². The van der Waals surface area contributed by atoms with Gasteiger partial charge in [0.1, 0.15) is 6.61 Å². The van der Waals surface area contributed by atoms with E-state index in [4.69, 9.17) is 4.74 Å². The first-order valence-corrected chi connectivity index (χ1v) is 5.27. The third kappa shape index (κ3) is 3.72. The molecule has 0 radical (unpaired) electrons. The molecular weight excluding hydrogens is 190 g/mol. The van der Waals surface area contributed by atoms with E-state index < -0.39 is 0 Å². The Morgan fingerprint density at radius 2 is 2.07 bits per heavy atom. The molecule has 1 aliphatic carbocycles. The van der Waals surface area contributed by atoms with Crippen LogP contribution >= 0.6 is 0 Å². The highest BCUT2D eigenvalue weighted by molar-refractivity contribution is 5.91. The molecule has 1 aliphatic rings. The van der Waals surface area contributed by atoms with Gasteiger partial charge in [0.15, 0.2) is 0 Å². The SMILES string of the molecule is O=C(COCC1CC1)Nc1ccccc1. The molecule has 1 N–H and O–H groups in total. The Morgan fingerprint density at radius 3 is 2.73 bits per heavy atom. The number of carbonyl (C=O) groups is 1. The Kier molecular flexibility index (Phi) is 3.35. The maximum atomic E-state index is 11.4. The number of hydrogen-bond donors (Lipinski definition) is 1. The van der Waals surface area contributed by atoms with Crippen LogP contribution in [0.5, 0.6) is 0 Å². The summed E-state index contributed by atoms with van der Waals surface area (Å²) in [7, 11) is 0. The lowest BCUT2D eigenvalue weighted by molar-refractivity contribution is -0.120. The van der Waals surface area contributed by atoms with Gasteiger partial charge in [0.25, 0.3) is 0 Å². The van der Waals surface area contributed by atoms with Gasteiger partial charge < -0.3 is 10.1 Å². The number of nitrogens with one attached hydrogen (secondary N) is 1. The summed E-state index contributed by atoms with van der Waals surface area (Å²) in [6, 6.07) is 9.41. The van der Waals surface area contributed by atoms with Gasteiger partial charge in [-0.2, -0.15) is 0 Å². The first-order chi connectivity index (χ1) is 7.34. The van der Waals surface area contributed by atoms with Gasteiger partial charge >= 0.3 is 0 Å². The minimum atomic E-state index is -0.0816. The molecule has 2 rings (SSSR count). The lowest BCUT2D eigenvalue weighted by Gasteiger charge is -2.05. The zero-order valence-electron chi connectivity index (χ0n) is 8.61. The van der Waals surface area contributed by atoms with Crippen molar-refractivity contribution in [2.45, 2.75) is 12.8 Å². The van der Waals surface area contributed by atoms with Crippen molar-refractivity contribution in [1.82, 2.24) is 0 Å². The van der Waals surface area contributed by atoms with Crippen LogP contribution in [0.1, 0.15) is 12.8 Å². The predicted octanol–water partition coefficient (Wildman–Crippen LogP) is 2.05. The van der Waals surface area contributed by atoms with E-state index in [0.717, 1.165) is 12.3 Å². The molecule has 1 aromatic carbocycles. The topological polar surface area (TPSA) is 38.3 Å². The Hall–Kier alpha value is -1.35. The Bertz CT molecular complexity index is 320. The summed E-state index contributed by atoms with van der Waals surface area (Å²) < 4.78 is 5.28. The molecule has 0 spiro atoms. The van der Waals surface area contributed by atoms with Crippen molar-refractivity contribution in [3.05, 3.63) is 30.3 Å². The Labute approximate surface area is 89.4 Å². The summed E-state index contributed by atoms with van der Waals surface area (Å²) in [6.07, 6.45) is 2.50. The number of rotatable bonds is 5. The van der Waals surface area contributed by atoms with Crippen LogP contribution in [-0.4, -0.2) is 19.1 Å². The van der Waals surface area contributed by atoms with Gasteiger partial charge in [-0.05, 0) is 30.9 Å². The average Bonchev–Trinajstić information content (AvgIpc) is 3.03. The molecule has 1 saturated carbocycles. The molecular formula is C12H15NO2. The summed E-state index contributed by atoms with van der Waals surface area (Å²) in [5.41, 5.74) is 0.817. The maximum absolute atomic E-state index is 11.4. The highest BCUT2D eigenvalue weighted by Crippen LogP contribution is 2.28. The summed E-state index contributed by atoms with van der Waals surface area (Å²) in [4.78, 5) is 11.4.